The first-order chi connectivity index (χ1) is 9.08. The molecule has 0 fully saturated rings. The zero-order valence-corrected chi connectivity index (χ0v) is 11.1. The topological polar surface area (TPSA) is 43.3 Å². The fraction of sp³-hybridized carbons (Fsp3) is 0. The van der Waals surface area contributed by atoms with Crippen molar-refractivity contribution in [2.45, 2.75) is 0 Å². The van der Waals surface area contributed by atoms with Crippen LogP contribution in [0.1, 0.15) is 0 Å². The minimum atomic E-state index is -0.389. The van der Waals surface area contributed by atoms with Gasteiger partial charge in [0.15, 0.2) is 0 Å². The van der Waals surface area contributed by atoms with Gasteiger partial charge >= 0.3 is 0 Å². The lowest BCUT2D eigenvalue weighted by molar-refractivity contribution is 0.619. The van der Waals surface area contributed by atoms with Crippen LogP contribution in [0, 0.1) is 5.82 Å². The first-order valence-corrected chi connectivity index (χ1v) is 6.21. The van der Waals surface area contributed by atoms with Gasteiger partial charge in [-0.05, 0) is 18.2 Å². The van der Waals surface area contributed by atoms with E-state index < -0.39 is 0 Å². The summed E-state index contributed by atoms with van der Waals surface area (Å²) in [5, 5.41) is 0.793. The minimum absolute atomic E-state index is 0.318. The number of halogens is 3. The Morgan fingerprint density at radius 3 is 2.74 bits per heavy atom. The largest absolute Gasteiger partial charge is 0.383 e. The van der Waals surface area contributed by atoms with Gasteiger partial charge in [-0.3, -0.25) is 4.40 Å². The number of rotatable bonds is 1. The van der Waals surface area contributed by atoms with Gasteiger partial charge in [-0.15, -0.1) is 0 Å². The predicted octanol–water partition coefficient (Wildman–Crippen LogP) is 4.03. The second-order valence-corrected chi connectivity index (χ2v) is 4.81. The number of hydrogen-bond acceptors (Lipinski definition) is 2. The Bertz CT molecular complexity index is 783. The summed E-state index contributed by atoms with van der Waals surface area (Å²) in [5.41, 5.74) is 7.64. The number of nitrogens with two attached hydrogens (primary N) is 1. The molecular formula is C13H8Cl2FN3. The van der Waals surface area contributed by atoms with E-state index in [1.807, 2.05) is 0 Å². The molecule has 0 aliphatic carbocycles. The Hall–Kier alpha value is -1.78. The van der Waals surface area contributed by atoms with Gasteiger partial charge in [-0.2, -0.15) is 0 Å². The number of benzene rings is 1. The van der Waals surface area contributed by atoms with Gasteiger partial charge in [0.05, 0.1) is 10.0 Å². The minimum Gasteiger partial charge on any atom is -0.383 e. The molecule has 0 spiro atoms. The first kappa shape index (κ1) is 12.3. The Kier molecular flexibility index (Phi) is 2.84. The van der Waals surface area contributed by atoms with Crippen molar-refractivity contribution in [3.8, 4) is 11.3 Å². The zero-order valence-electron chi connectivity index (χ0n) is 9.57. The van der Waals surface area contributed by atoms with Crippen LogP contribution < -0.4 is 5.73 Å². The van der Waals surface area contributed by atoms with Crippen LogP contribution in [0.15, 0.2) is 36.5 Å². The summed E-state index contributed by atoms with van der Waals surface area (Å²) in [6, 6.07) is 8.08. The maximum atomic E-state index is 13.2. The lowest BCUT2D eigenvalue weighted by atomic mass is 10.1. The number of nitrogen functional groups attached to an aromatic ring is 1. The third-order valence-corrected chi connectivity index (χ3v) is 3.65. The summed E-state index contributed by atoms with van der Waals surface area (Å²) < 4.78 is 14.7. The highest BCUT2D eigenvalue weighted by Gasteiger charge is 2.15. The maximum absolute atomic E-state index is 13.2. The molecule has 0 amide bonds. The van der Waals surface area contributed by atoms with Crippen molar-refractivity contribution in [3.05, 3.63) is 52.4 Å². The molecule has 0 aliphatic rings. The normalized spacial score (nSPS) is 11.1. The van der Waals surface area contributed by atoms with Crippen LogP contribution in [-0.4, -0.2) is 9.38 Å². The molecule has 19 heavy (non-hydrogen) atoms. The lowest BCUT2D eigenvalue weighted by Gasteiger charge is -2.03. The molecule has 0 atom stereocenters. The van der Waals surface area contributed by atoms with E-state index in [1.165, 1.54) is 16.7 Å². The summed E-state index contributed by atoms with van der Waals surface area (Å²) in [5.74, 6) is -0.0704. The molecule has 0 aliphatic heterocycles. The standard InChI is InChI=1S/C13H8Cl2FN3/c14-9-3-1-2-8(11(9)15)12-13(17)19-6-7(16)4-5-10(19)18-12/h1-6H,17H2. The fourth-order valence-corrected chi connectivity index (χ4v) is 2.31. The van der Waals surface area contributed by atoms with Crippen molar-refractivity contribution in [2.24, 2.45) is 0 Å². The number of anilines is 1. The third-order valence-electron chi connectivity index (χ3n) is 2.83. The monoisotopic (exact) mass is 295 g/mol. The van der Waals surface area contributed by atoms with Gasteiger partial charge in [0.1, 0.15) is 23.0 Å². The SMILES string of the molecule is Nc1c(-c2cccc(Cl)c2Cl)nc2ccc(F)cn12. The fourth-order valence-electron chi connectivity index (χ4n) is 1.92. The number of imidazole rings is 1. The van der Waals surface area contributed by atoms with Gasteiger partial charge in [0.2, 0.25) is 0 Å². The van der Waals surface area contributed by atoms with Gasteiger partial charge in [-0.25, -0.2) is 9.37 Å². The molecule has 0 radical (unpaired) electrons. The van der Waals surface area contributed by atoms with Gasteiger partial charge < -0.3 is 5.73 Å². The molecule has 0 saturated carbocycles. The zero-order chi connectivity index (χ0) is 13.6. The van der Waals surface area contributed by atoms with E-state index in [2.05, 4.69) is 4.98 Å². The molecule has 2 heterocycles. The van der Waals surface area contributed by atoms with E-state index in [1.54, 1.807) is 24.3 Å². The third kappa shape index (κ3) is 1.93. The van der Waals surface area contributed by atoms with Crippen molar-refractivity contribution < 1.29 is 4.39 Å². The number of nitrogens with zero attached hydrogens (tertiary/aromatic N) is 2. The van der Waals surface area contributed by atoms with Crippen molar-refractivity contribution in [1.29, 1.82) is 0 Å². The van der Waals surface area contributed by atoms with E-state index in [0.29, 0.717) is 32.8 Å². The molecule has 1 aromatic carbocycles. The summed E-state index contributed by atoms with van der Waals surface area (Å²) >= 11 is 12.1. The molecule has 0 bridgehead atoms. The number of pyridine rings is 1. The molecule has 3 nitrogen and oxygen atoms in total. The molecule has 0 unspecified atom stereocenters. The molecule has 3 aromatic rings. The van der Waals surface area contributed by atoms with E-state index >= 15 is 0 Å². The highest BCUT2D eigenvalue weighted by molar-refractivity contribution is 6.43. The highest BCUT2D eigenvalue weighted by Crippen LogP contribution is 2.36. The first-order valence-electron chi connectivity index (χ1n) is 5.45. The second-order valence-electron chi connectivity index (χ2n) is 4.02. The van der Waals surface area contributed by atoms with Crippen molar-refractivity contribution in [3.63, 3.8) is 0 Å². The van der Waals surface area contributed by atoms with Gasteiger partial charge in [0, 0.05) is 11.8 Å². The van der Waals surface area contributed by atoms with E-state index in [-0.39, 0.29) is 5.82 Å². The molecule has 0 saturated heterocycles. The summed E-state index contributed by atoms with van der Waals surface area (Å²) in [4.78, 5) is 4.35. The summed E-state index contributed by atoms with van der Waals surface area (Å²) in [6.45, 7) is 0. The quantitative estimate of drug-likeness (QED) is 0.736. The number of fused-ring (bicyclic) bond motifs is 1. The average molecular weight is 296 g/mol. The van der Waals surface area contributed by atoms with E-state index in [0.717, 1.165) is 0 Å². The van der Waals surface area contributed by atoms with Crippen molar-refractivity contribution in [1.82, 2.24) is 9.38 Å². The van der Waals surface area contributed by atoms with Crippen LogP contribution in [0.4, 0.5) is 10.2 Å². The number of hydrogen-bond donors (Lipinski definition) is 1. The lowest BCUT2D eigenvalue weighted by Crippen LogP contribution is -1.95. The van der Waals surface area contributed by atoms with Crippen LogP contribution in [-0.2, 0) is 0 Å². The predicted molar refractivity (Wildman–Crippen MR) is 75.0 cm³/mol. The molecule has 2 N–H and O–H groups in total. The van der Waals surface area contributed by atoms with E-state index in [4.69, 9.17) is 28.9 Å². The summed E-state index contributed by atoms with van der Waals surface area (Å²) in [7, 11) is 0. The second kappa shape index (κ2) is 4.40. The average Bonchev–Trinajstić information content (AvgIpc) is 2.70. The Morgan fingerprint density at radius 2 is 1.95 bits per heavy atom. The van der Waals surface area contributed by atoms with Crippen LogP contribution in [0.2, 0.25) is 10.0 Å². The Labute approximate surface area is 118 Å². The molecule has 6 heteroatoms. The van der Waals surface area contributed by atoms with Gasteiger partial charge in [0.25, 0.3) is 0 Å². The highest BCUT2D eigenvalue weighted by atomic mass is 35.5. The molecule has 2 aromatic heterocycles. The number of aromatic nitrogens is 2. The van der Waals surface area contributed by atoms with Gasteiger partial charge in [-0.1, -0.05) is 35.3 Å². The van der Waals surface area contributed by atoms with Crippen LogP contribution in [0.25, 0.3) is 16.9 Å². The molecular weight excluding hydrogens is 288 g/mol. The Balaban J connectivity index is 2.31. The molecule has 96 valence electrons. The van der Waals surface area contributed by atoms with Crippen LogP contribution >= 0.6 is 23.2 Å². The van der Waals surface area contributed by atoms with E-state index in [9.17, 15) is 4.39 Å². The molecule has 3 rings (SSSR count). The van der Waals surface area contributed by atoms with Crippen molar-refractivity contribution >= 4 is 34.7 Å². The Morgan fingerprint density at radius 1 is 1.16 bits per heavy atom. The van der Waals surface area contributed by atoms with Crippen LogP contribution in [0.3, 0.4) is 0 Å². The van der Waals surface area contributed by atoms with Crippen molar-refractivity contribution in [2.75, 3.05) is 5.73 Å². The smallest absolute Gasteiger partial charge is 0.140 e. The summed E-state index contributed by atoms with van der Waals surface area (Å²) in [6.07, 6.45) is 1.28. The maximum Gasteiger partial charge on any atom is 0.140 e. The van der Waals surface area contributed by atoms with Crippen LogP contribution in [0.5, 0.6) is 0 Å².